The molecule has 1 aromatic carbocycles. The molecule has 0 atom stereocenters. The van der Waals surface area contributed by atoms with Gasteiger partial charge in [-0.15, -0.1) is 11.3 Å². The van der Waals surface area contributed by atoms with Gasteiger partial charge in [0.2, 0.25) is 10.0 Å². The van der Waals surface area contributed by atoms with Crippen LogP contribution in [0, 0.1) is 13.8 Å². The molecular weight excluding hydrogens is 468 g/mol. The van der Waals surface area contributed by atoms with Crippen LogP contribution >= 0.6 is 11.3 Å². The summed E-state index contributed by atoms with van der Waals surface area (Å²) < 4.78 is 36.7. The van der Waals surface area contributed by atoms with Crippen molar-refractivity contribution in [2.24, 2.45) is 0 Å². The average molecular weight is 495 g/mol. The van der Waals surface area contributed by atoms with Crippen LogP contribution in [0.15, 0.2) is 29.2 Å². The highest BCUT2D eigenvalue weighted by Crippen LogP contribution is 2.32. The smallest absolute Gasteiger partial charge is 0.341 e. The fraction of sp³-hybridized carbons (Fsp3) is 0.409. The van der Waals surface area contributed by atoms with Gasteiger partial charge in [-0.05, 0) is 56.5 Å². The molecule has 0 aliphatic carbocycles. The number of nitrogens with zero attached hydrogens (tertiary/aromatic N) is 1. The van der Waals surface area contributed by atoms with Crippen molar-refractivity contribution in [1.82, 2.24) is 4.31 Å². The van der Waals surface area contributed by atoms with Crippen molar-refractivity contribution in [1.29, 1.82) is 0 Å². The number of methoxy groups -OCH3 is 1. The molecule has 0 spiro atoms. The van der Waals surface area contributed by atoms with Crippen molar-refractivity contribution in [3.63, 3.8) is 0 Å². The molecule has 2 heterocycles. The van der Waals surface area contributed by atoms with Crippen molar-refractivity contribution >= 4 is 44.2 Å². The first-order valence-electron chi connectivity index (χ1n) is 10.4. The Balaban J connectivity index is 1.60. The first kappa shape index (κ1) is 24.9. The molecule has 1 amide bonds. The molecule has 0 bridgehead atoms. The van der Waals surface area contributed by atoms with Crippen LogP contribution in [0.2, 0.25) is 0 Å². The lowest BCUT2D eigenvalue weighted by Crippen LogP contribution is -2.35. The first-order valence-corrected chi connectivity index (χ1v) is 12.7. The van der Waals surface area contributed by atoms with E-state index in [0.717, 1.165) is 24.1 Å². The lowest BCUT2D eigenvalue weighted by atomic mass is 10.1. The largest absolute Gasteiger partial charge is 0.465 e. The zero-order valence-electron chi connectivity index (χ0n) is 18.7. The highest BCUT2D eigenvalue weighted by Gasteiger charge is 2.26. The second-order valence-electron chi connectivity index (χ2n) is 7.59. The molecule has 2 aromatic rings. The predicted octanol–water partition coefficient (Wildman–Crippen LogP) is 3.12. The normalized spacial score (nSPS) is 14.5. The molecule has 1 saturated heterocycles. The van der Waals surface area contributed by atoms with Crippen LogP contribution in [0.5, 0.6) is 0 Å². The predicted molar refractivity (Wildman–Crippen MR) is 123 cm³/mol. The Morgan fingerprint density at radius 2 is 1.67 bits per heavy atom. The summed E-state index contributed by atoms with van der Waals surface area (Å²) in [5, 5.41) is 2.90. The highest BCUT2D eigenvalue weighted by atomic mass is 32.2. The third-order valence-corrected chi connectivity index (χ3v) is 8.44. The van der Waals surface area contributed by atoms with Gasteiger partial charge < -0.3 is 14.8 Å². The Labute approximate surface area is 196 Å². The van der Waals surface area contributed by atoms with Crippen molar-refractivity contribution in [2.75, 3.05) is 32.1 Å². The molecule has 1 fully saturated rings. The Bertz CT molecular complexity index is 1150. The van der Waals surface area contributed by atoms with Gasteiger partial charge in [0.25, 0.3) is 5.91 Å². The van der Waals surface area contributed by atoms with Crippen molar-refractivity contribution in [3.8, 4) is 0 Å². The van der Waals surface area contributed by atoms with Crippen LogP contribution in [-0.2, 0) is 24.3 Å². The zero-order valence-corrected chi connectivity index (χ0v) is 20.3. The number of nitrogens with one attached hydrogen (secondary N) is 1. The second kappa shape index (κ2) is 10.4. The third-order valence-electron chi connectivity index (χ3n) is 5.40. The maximum Gasteiger partial charge on any atom is 0.341 e. The molecule has 11 heteroatoms. The molecule has 0 unspecified atom stereocenters. The number of carbonyl (C=O) groups is 3. The summed E-state index contributed by atoms with van der Waals surface area (Å²) in [6.07, 6.45) is 2.68. The van der Waals surface area contributed by atoms with Gasteiger partial charge in [-0.3, -0.25) is 4.79 Å². The molecule has 9 nitrogen and oxygen atoms in total. The maximum absolute atomic E-state index is 12.7. The Morgan fingerprint density at radius 1 is 1.03 bits per heavy atom. The van der Waals surface area contributed by atoms with Gasteiger partial charge in [0, 0.05) is 18.0 Å². The summed E-state index contributed by atoms with van der Waals surface area (Å²) >= 11 is 1.23. The van der Waals surface area contributed by atoms with Crippen molar-refractivity contribution in [2.45, 2.75) is 38.0 Å². The molecule has 1 aliphatic rings. The molecule has 33 heavy (non-hydrogen) atoms. The number of rotatable bonds is 7. The number of amides is 1. The Morgan fingerprint density at radius 3 is 2.27 bits per heavy atom. The summed E-state index contributed by atoms with van der Waals surface area (Å²) in [5.74, 6) is -1.94. The number of hydrogen-bond acceptors (Lipinski definition) is 8. The van der Waals surface area contributed by atoms with Crippen LogP contribution in [0.25, 0.3) is 0 Å². The summed E-state index contributed by atoms with van der Waals surface area (Å²) in [7, 11) is -2.34. The first-order chi connectivity index (χ1) is 15.6. The molecule has 1 aromatic heterocycles. The number of piperidine rings is 1. The van der Waals surface area contributed by atoms with Gasteiger partial charge >= 0.3 is 11.9 Å². The van der Waals surface area contributed by atoms with Crippen molar-refractivity contribution in [3.05, 3.63) is 45.8 Å². The fourth-order valence-electron chi connectivity index (χ4n) is 3.46. The molecule has 1 aliphatic heterocycles. The van der Waals surface area contributed by atoms with Crippen LogP contribution in [0.4, 0.5) is 5.00 Å². The number of thiophene rings is 1. The summed E-state index contributed by atoms with van der Waals surface area (Å²) in [4.78, 5) is 37.5. The lowest BCUT2D eigenvalue weighted by Gasteiger charge is -2.25. The second-order valence-corrected chi connectivity index (χ2v) is 10.8. The van der Waals surface area contributed by atoms with Gasteiger partial charge in [0.15, 0.2) is 6.61 Å². The van der Waals surface area contributed by atoms with E-state index in [4.69, 9.17) is 9.47 Å². The van der Waals surface area contributed by atoms with E-state index in [0.29, 0.717) is 23.7 Å². The fourth-order valence-corrected chi connectivity index (χ4v) is 6.04. The van der Waals surface area contributed by atoms with E-state index in [1.165, 1.54) is 47.0 Å². The van der Waals surface area contributed by atoms with E-state index >= 15 is 0 Å². The van der Waals surface area contributed by atoms with Gasteiger partial charge in [0.1, 0.15) is 5.00 Å². The molecule has 178 valence electrons. The molecule has 1 N–H and O–H groups in total. The van der Waals surface area contributed by atoms with Gasteiger partial charge in [-0.25, -0.2) is 18.0 Å². The van der Waals surface area contributed by atoms with Gasteiger partial charge in [-0.1, -0.05) is 6.42 Å². The molecule has 3 rings (SSSR count). The standard InChI is InChI=1S/C22H26N2O7S2/c1-14-15(2)32-20(19(14)22(27)30-3)23-18(25)13-31-21(26)16-7-9-17(10-8-16)33(28,29)24-11-5-4-6-12-24/h7-10H,4-6,11-13H2,1-3H3,(H,23,25). The molecular formula is C22H26N2O7S2. The number of ether oxygens (including phenoxy) is 2. The average Bonchev–Trinajstić information content (AvgIpc) is 3.10. The number of benzene rings is 1. The number of aryl methyl sites for hydroxylation is 1. The topological polar surface area (TPSA) is 119 Å². The van der Waals surface area contributed by atoms with Crippen LogP contribution < -0.4 is 5.32 Å². The lowest BCUT2D eigenvalue weighted by molar-refractivity contribution is -0.119. The quantitative estimate of drug-likeness (QED) is 0.587. The number of carbonyl (C=O) groups excluding carboxylic acids is 3. The monoisotopic (exact) mass is 494 g/mol. The van der Waals surface area contributed by atoms with Crippen LogP contribution in [0.1, 0.15) is 50.4 Å². The van der Waals surface area contributed by atoms with E-state index < -0.39 is 34.5 Å². The van der Waals surface area contributed by atoms with E-state index in [2.05, 4.69) is 5.32 Å². The minimum Gasteiger partial charge on any atom is -0.465 e. The summed E-state index contributed by atoms with van der Waals surface area (Å²) in [6, 6.07) is 5.44. The van der Waals surface area contributed by atoms with E-state index in [-0.39, 0.29) is 16.0 Å². The highest BCUT2D eigenvalue weighted by molar-refractivity contribution is 7.89. The molecule has 0 saturated carbocycles. The van der Waals surface area contributed by atoms with E-state index in [9.17, 15) is 22.8 Å². The Kier molecular flexibility index (Phi) is 7.88. The molecule has 0 radical (unpaired) electrons. The minimum atomic E-state index is -3.60. The van der Waals surface area contributed by atoms with E-state index in [1.807, 2.05) is 6.92 Å². The number of sulfonamides is 1. The SMILES string of the molecule is COC(=O)c1c(NC(=O)COC(=O)c2ccc(S(=O)(=O)N3CCCCC3)cc2)sc(C)c1C. The van der Waals surface area contributed by atoms with Gasteiger partial charge in [0.05, 0.1) is 23.1 Å². The third kappa shape index (κ3) is 5.60. The maximum atomic E-state index is 12.7. The summed E-state index contributed by atoms with van der Waals surface area (Å²) in [5.41, 5.74) is 1.10. The summed E-state index contributed by atoms with van der Waals surface area (Å²) in [6.45, 7) is 3.98. The van der Waals surface area contributed by atoms with Crippen molar-refractivity contribution < 1.29 is 32.3 Å². The van der Waals surface area contributed by atoms with Crippen LogP contribution in [-0.4, -0.2) is 57.4 Å². The number of anilines is 1. The Hall–Kier alpha value is -2.76. The number of hydrogen-bond donors (Lipinski definition) is 1. The van der Waals surface area contributed by atoms with E-state index in [1.54, 1.807) is 6.92 Å². The minimum absolute atomic E-state index is 0.109. The van der Waals surface area contributed by atoms with Crippen LogP contribution in [0.3, 0.4) is 0 Å². The number of esters is 2. The zero-order chi connectivity index (χ0) is 24.2. The van der Waals surface area contributed by atoms with Gasteiger partial charge in [-0.2, -0.15) is 4.31 Å².